The van der Waals surface area contributed by atoms with Crippen molar-refractivity contribution in [2.45, 2.75) is 53.2 Å². The molecule has 8 heteroatoms. The second kappa shape index (κ2) is 8.37. The fourth-order valence-electron chi connectivity index (χ4n) is 3.96. The molecular formula is C19H31N5O3. The van der Waals surface area contributed by atoms with Crippen molar-refractivity contribution >= 4 is 11.8 Å². The number of amides is 2. The van der Waals surface area contributed by atoms with E-state index in [1.165, 1.54) is 0 Å². The van der Waals surface area contributed by atoms with Crippen LogP contribution in [0.15, 0.2) is 0 Å². The van der Waals surface area contributed by atoms with Crippen molar-refractivity contribution in [1.29, 1.82) is 0 Å². The Bertz CT molecular complexity index is 687. The summed E-state index contributed by atoms with van der Waals surface area (Å²) in [5, 5.41) is 4.39. The van der Waals surface area contributed by atoms with Gasteiger partial charge in [0.15, 0.2) is 0 Å². The number of aromatic nitrogens is 3. The normalized spacial score (nSPS) is 23.7. The van der Waals surface area contributed by atoms with Crippen LogP contribution >= 0.6 is 0 Å². The van der Waals surface area contributed by atoms with Crippen LogP contribution in [-0.2, 0) is 20.9 Å². The maximum Gasteiger partial charge on any atom is 0.227 e. The van der Waals surface area contributed by atoms with E-state index in [0.29, 0.717) is 32.8 Å². The van der Waals surface area contributed by atoms with E-state index in [4.69, 9.17) is 4.74 Å². The van der Waals surface area contributed by atoms with Crippen LogP contribution in [-0.4, -0.2) is 75.3 Å². The molecule has 0 bridgehead atoms. The van der Waals surface area contributed by atoms with E-state index < -0.39 is 0 Å². The number of hydrogen-bond acceptors (Lipinski definition) is 5. The van der Waals surface area contributed by atoms with Gasteiger partial charge in [-0.1, -0.05) is 13.8 Å². The lowest BCUT2D eigenvalue weighted by atomic mass is 9.95. The lowest BCUT2D eigenvalue weighted by Crippen LogP contribution is -2.52. The minimum Gasteiger partial charge on any atom is -0.373 e. The molecule has 2 aliphatic rings. The van der Waals surface area contributed by atoms with Crippen LogP contribution in [0.2, 0.25) is 0 Å². The third-order valence-electron chi connectivity index (χ3n) is 5.37. The van der Waals surface area contributed by atoms with Crippen LogP contribution in [0.25, 0.3) is 0 Å². The van der Waals surface area contributed by atoms with Gasteiger partial charge in [-0.25, -0.2) is 9.67 Å². The lowest BCUT2D eigenvalue weighted by Gasteiger charge is -2.38. The maximum atomic E-state index is 13.1. The summed E-state index contributed by atoms with van der Waals surface area (Å²) in [4.78, 5) is 33.4. The molecule has 3 rings (SSSR count). The van der Waals surface area contributed by atoms with Crippen LogP contribution in [0.1, 0.15) is 38.3 Å². The Morgan fingerprint density at radius 1 is 1.19 bits per heavy atom. The largest absolute Gasteiger partial charge is 0.373 e. The van der Waals surface area contributed by atoms with E-state index >= 15 is 0 Å². The van der Waals surface area contributed by atoms with Gasteiger partial charge in [0.1, 0.15) is 11.6 Å². The Morgan fingerprint density at radius 3 is 2.63 bits per heavy atom. The molecule has 0 saturated carbocycles. The monoisotopic (exact) mass is 377 g/mol. The van der Waals surface area contributed by atoms with E-state index in [2.05, 4.69) is 10.1 Å². The zero-order chi connectivity index (χ0) is 19.6. The van der Waals surface area contributed by atoms with Gasteiger partial charge in [-0.15, -0.1) is 0 Å². The average Bonchev–Trinajstić information content (AvgIpc) is 2.97. The summed E-state index contributed by atoms with van der Waals surface area (Å²) in [6.45, 7) is 11.2. The molecule has 2 amide bonds. The van der Waals surface area contributed by atoms with Crippen molar-refractivity contribution in [3.63, 3.8) is 0 Å². The van der Waals surface area contributed by atoms with Crippen LogP contribution in [0.5, 0.6) is 0 Å². The molecule has 2 atom stereocenters. The molecule has 8 nitrogen and oxygen atoms in total. The molecule has 2 fully saturated rings. The standard InChI is InChI=1S/C19H31N5O3/c1-13(2)18(25)22-7-5-6-16(10-22)19(26)23-8-9-27-17(11-23)12-24-15(4)20-14(3)21-24/h13,16-17H,5-12H2,1-4H3/t16-,17+/m0/s1. The van der Waals surface area contributed by atoms with Gasteiger partial charge in [0.05, 0.1) is 25.2 Å². The summed E-state index contributed by atoms with van der Waals surface area (Å²) in [5.41, 5.74) is 0. The van der Waals surface area contributed by atoms with E-state index in [1.54, 1.807) is 0 Å². The van der Waals surface area contributed by atoms with E-state index in [1.807, 2.05) is 42.2 Å². The van der Waals surface area contributed by atoms with Gasteiger partial charge in [-0.2, -0.15) is 5.10 Å². The first-order valence-corrected chi connectivity index (χ1v) is 9.92. The first-order chi connectivity index (χ1) is 12.8. The molecule has 150 valence electrons. The predicted molar refractivity (Wildman–Crippen MR) is 100.0 cm³/mol. The second-order valence-corrected chi connectivity index (χ2v) is 7.94. The Morgan fingerprint density at radius 2 is 1.96 bits per heavy atom. The van der Waals surface area contributed by atoms with Crippen molar-refractivity contribution in [2.24, 2.45) is 11.8 Å². The molecule has 27 heavy (non-hydrogen) atoms. The van der Waals surface area contributed by atoms with E-state index in [9.17, 15) is 9.59 Å². The molecule has 0 aliphatic carbocycles. The SMILES string of the molecule is Cc1nc(C)n(C[C@H]2CN(C(=O)[C@H]3CCCN(C(=O)C(C)C)C3)CCO2)n1. The van der Waals surface area contributed by atoms with Gasteiger partial charge in [0.25, 0.3) is 0 Å². The number of aryl methyl sites for hydroxylation is 2. The Kier molecular flexibility index (Phi) is 6.14. The molecular weight excluding hydrogens is 346 g/mol. The topological polar surface area (TPSA) is 80.6 Å². The van der Waals surface area contributed by atoms with Crippen molar-refractivity contribution in [3.05, 3.63) is 11.6 Å². The van der Waals surface area contributed by atoms with Crippen LogP contribution in [0.3, 0.4) is 0 Å². The number of likely N-dealkylation sites (tertiary alicyclic amines) is 1. The van der Waals surface area contributed by atoms with Gasteiger partial charge in [-0.3, -0.25) is 9.59 Å². The number of hydrogen-bond donors (Lipinski definition) is 0. The summed E-state index contributed by atoms with van der Waals surface area (Å²) in [5.74, 6) is 1.76. The highest BCUT2D eigenvalue weighted by atomic mass is 16.5. The Hall–Kier alpha value is -1.96. The molecule has 2 saturated heterocycles. The second-order valence-electron chi connectivity index (χ2n) is 7.94. The molecule has 0 unspecified atom stereocenters. The van der Waals surface area contributed by atoms with Crippen LogP contribution in [0, 0.1) is 25.7 Å². The van der Waals surface area contributed by atoms with Crippen molar-refractivity contribution in [2.75, 3.05) is 32.8 Å². The van der Waals surface area contributed by atoms with E-state index in [-0.39, 0.29) is 29.8 Å². The molecule has 0 aromatic carbocycles. The van der Waals surface area contributed by atoms with Crippen molar-refractivity contribution in [3.8, 4) is 0 Å². The number of piperidine rings is 1. The lowest BCUT2D eigenvalue weighted by molar-refractivity contribution is -0.148. The molecule has 2 aliphatic heterocycles. The highest BCUT2D eigenvalue weighted by Crippen LogP contribution is 2.22. The van der Waals surface area contributed by atoms with Gasteiger partial charge < -0.3 is 14.5 Å². The number of carbonyl (C=O) groups excluding carboxylic acids is 2. The first kappa shape index (κ1) is 19.8. The highest BCUT2D eigenvalue weighted by Gasteiger charge is 2.34. The van der Waals surface area contributed by atoms with Gasteiger partial charge in [-0.05, 0) is 26.7 Å². The summed E-state index contributed by atoms with van der Waals surface area (Å²) >= 11 is 0. The first-order valence-electron chi connectivity index (χ1n) is 9.92. The number of ether oxygens (including phenoxy) is 1. The average molecular weight is 377 g/mol. The summed E-state index contributed by atoms with van der Waals surface area (Å²) in [7, 11) is 0. The number of carbonyl (C=O) groups is 2. The zero-order valence-electron chi connectivity index (χ0n) is 16.8. The van der Waals surface area contributed by atoms with Gasteiger partial charge >= 0.3 is 0 Å². The quantitative estimate of drug-likeness (QED) is 0.783. The molecule has 0 radical (unpaired) electrons. The smallest absolute Gasteiger partial charge is 0.227 e. The third-order valence-corrected chi connectivity index (χ3v) is 5.37. The van der Waals surface area contributed by atoms with Crippen molar-refractivity contribution in [1.82, 2.24) is 24.6 Å². The number of rotatable bonds is 4. The number of morpholine rings is 1. The third kappa shape index (κ3) is 4.66. The van der Waals surface area contributed by atoms with E-state index in [0.717, 1.165) is 31.0 Å². The van der Waals surface area contributed by atoms with Crippen LogP contribution < -0.4 is 0 Å². The minimum absolute atomic E-state index is 0.0269. The highest BCUT2D eigenvalue weighted by molar-refractivity contribution is 5.82. The fourth-order valence-corrected chi connectivity index (χ4v) is 3.96. The Balaban J connectivity index is 1.59. The summed E-state index contributed by atoms with van der Waals surface area (Å²) in [6.07, 6.45) is 1.66. The zero-order valence-corrected chi connectivity index (χ0v) is 16.8. The van der Waals surface area contributed by atoms with Crippen LogP contribution in [0.4, 0.5) is 0 Å². The summed E-state index contributed by atoms with van der Waals surface area (Å²) < 4.78 is 7.70. The summed E-state index contributed by atoms with van der Waals surface area (Å²) in [6, 6.07) is 0. The molecule has 1 aromatic rings. The molecule has 0 N–H and O–H groups in total. The maximum absolute atomic E-state index is 13.1. The fraction of sp³-hybridized carbons (Fsp3) is 0.789. The van der Waals surface area contributed by atoms with Crippen molar-refractivity contribution < 1.29 is 14.3 Å². The van der Waals surface area contributed by atoms with Gasteiger partial charge in [0, 0.05) is 32.1 Å². The van der Waals surface area contributed by atoms with Gasteiger partial charge in [0.2, 0.25) is 11.8 Å². The molecule has 3 heterocycles. The molecule has 0 spiro atoms. The molecule has 1 aromatic heterocycles. The minimum atomic E-state index is -0.101. The number of nitrogens with zero attached hydrogens (tertiary/aromatic N) is 5. The predicted octanol–water partition coefficient (Wildman–Crippen LogP) is 1.02. The Labute approximate surface area is 160 Å².